The van der Waals surface area contributed by atoms with Crippen LogP contribution in [0.2, 0.25) is 0 Å². The molecule has 138 valence electrons. The number of allylic oxidation sites excluding steroid dienone is 1. The van der Waals surface area contributed by atoms with Crippen LogP contribution in [0.1, 0.15) is 40.5 Å². The molecule has 8 atom stereocenters. The summed E-state index contributed by atoms with van der Waals surface area (Å²) in [5.41, 5.74) is 0.827. The smallest absolute Gasteiger partial charge is 0.152 e. The molecule has 0 saturated carbocycles. The summed E-state index contributed by atoms with van der Waals surface area (Å²) in [6.07, 6.45) is -0.229. The summed E-state index contributed by atoms with van der Waals surface area (Å²) in [5, 5.41) is 30.3. The summed E-state index contributed by atoms with van der Waals surface area (Å²) in [4.78, 5) is 11.1. The molecule has 2 saturated heterocycles. The van der Waals surface area contributed by atoms with Gasteiger partial charge in [0.25, 0.3) is 0 Å². The first-order valence-electron chi connectivity index (χ1n) is 8.69. The van der Waals surface area contributed by atoms with E-state index in [9.17, 15) is 20.1 Å². The number of rotatable bonds is 7. The van der Waals surface area contributed by atoms with Crippen molar-refractivity contribution < 1.29 is 29.6 Å². The minimum Gasteiger partial charge on any atom is -0.393 e. The molecule has 2 fully saturated rings. The maximum absolute atomic E-state index is 11.1. The highest BCUT2D eigenvalue weighted by Gasteiger charge is 2.48. The van der Waals surface area contributed by atoms with Crippen LogP contribution in [-0.2, 0) is 14.3 Å². The molecule has 6 nitrogen and oxygen atoms in total. The van der Waals surface area contributed by atoms with Crippen LogP contribution >= 0.6 is 0 Å². The minimum absolute atomic E-state index is 0.000875. The van der Waals surface area contributed by atoms with Gasteiger partial charge in [0.2, 0.25) is 0 Å². The lowest BCUT2D eigenvalue weighted by Crippen LogP contribution is -2.50. The van der Waals surface area contributed by atoms with Crippen molar-refractivity contribution >= 4 is 5.78 Å². The molecular formula is C18H30O6. The van der Waals surface area contributed by atoms with E-state index in [2.05, 4.69) is 0 Å². The first-order valence-corrected chi connectivity index (χ1v) is 8.69. The van der Waals surface area contributed by atoms with Gasteiger partial charge in [0.15, 0.2) is 5.78 Å². The molecule has 0 aromatic heterocycles. The van der Waals surface area contributed by atoms with Gasteiger partial charge in [-0.15, -0.1) is 0 Å². The summed E-state index contributed by atoms with van der Waals surface area (Å²) in [5.74, 6) is -0.182. The Morgan fingerprint density at radius 1 is 1.21 bits per heavy atom. The number of aliphatic hydroxyl groups is 3. The number of aliphatic hydroxyl groups excluding tert-OH is 3. The zero-order chi connectivity index (χ0) is 18.0. The molecule has 0 unspecified atom stereocenters. The minimum atomic E-state index is -0.981. The van der Waals surface area contributed by atoms with E-state index in [-0.39, 0.29) is 29.8 Å². The second kappa shape index (κ2) is 8.06. The fraction of sp³-hybridized carbons (Fsp3) is 0.833. The van der Waals surface area contributed by atoms with Gasteiger partial charge < -0.3 is 24.8 Å². The van der Waals surface area contributed by atoms with E-state index in [1.807, 2.05) is 13.8 Å². The average Bonchev–Trinajstić information content (AvgIpc) is 3.24. The molecule has 24 heavy (non-hydrogen) atoms. The summed E-state index contributed by atoms with van der Waals surface area (Å²) in [7, 11) is 0. The molecule has 6 heteroatoms. The van der Waals surface area contributed by atoms with Crippen LogP contribution in [0.15, 0.2) is 11.6 Å². The van der Waals surface area contributed by atoms with Crippen LogP contribution in [0.25, 0.3) is 0 Å². The van der Waals surface area contributed by atoms with Gasteiger partial charge in [-0.3, -0.25) is 4.79 Å². The topological polar surface area (TPSA) is 99.5 Å². The van der Waals surface area contributed by atoms with Gasteiger partial charge in [-0.05, 0) is 39.7 Å². The molecule has 0 amide bonds. The predicted octanol–water partition coefficient (Wildman–Crippen LogP) is 0.823. The van der Waals surface area contributed by atoms with Crippen molar-refractivity contribution in [2.45, 2.75) is 77.2 Å². The first-order chi connectivity index (χ1) is 11.2. The number of carbonyl (C=O) groups excluding carboxylic acids is 1. The van der Waals surface area contributed by atoms with Gasteiger partial charge in [0.05, 0.1) is 37.1 Å². The Bertz CT molecular complexity index is 474. The maximum Gasteiger partial charge on any atom is 0.152 e. The SMILES string of the molecule is CC(=O)C=C(C)C[C@@H]1OC[C@H](C[C@@H]2O[C@H]2[C@@H](C)[C@H](C)O)[C@@H](O)[C@H]1O. The number of carbonyl (C=O) groups is 1. The molecular weight excluding hydrogens is 312 g/mol. The Labute approximate surface area is 143 Å². The number of hydrogen-bond acceptors (Lipinski definition) is 6. The van der Waals surface area contributed by atoms with E-state index in [4.69, 9.17) is 9.47 Å². The van der Waals surface area contributed by atoms with Crippen molar-refractivity contribution in [3.8, 4) is 0 Å². The zero-order valence-corrected chi connectivity index (χ0v) is 14.9. The molecule has 0 radical (unpaired) electrons. The fourth-order valence-corrected chi connectivity index (χ4v) is 3.44. The van der Waals surface area contributed by atoms with Crippen LogP contribution in [0.5, 0.6) is 0 Å². The van der Waals surface area contributed by atoms with E-state index in [1.54, 1.807) is 6.92 Å². The van der Waals surface area contributed by atoms with E-state index >= 15 is 0 Å². The van der Waals surface area contributed by atoms with Gasteiger partial charge in [0, 0.05) is 11.8 Å². The molecule has 0 aliphatic carbocycles. The van der Waals surface area contributed by atoms with Crippen molar-refractivity contribution in [1.82, 2.24) is 0 Å². The molecule has 2 aliphatic heterocycles. The molecule has 2 aliphatic rings. The molecule has 2 rings (SSSR count). The van der Waals surface area contributed by atoms with Crippen LogP contribution < -0.4 is 0 Å². The monoisotopic (exact) mass is 342 g/mol. The van der Waals surface area contributed by atoms with Gasteiger partial charge in [-0.1, -0.05) is 12.5 Å². The van der Waals surface area contributed by atoms with E-state index in [1.165, 1.54) is 13.0 Å². The van der Waals surface area contributed by atoms with Crippen molar-refractivity contribution in [3.05, 3.63) is 11.6 Å². The van der Waals surface area contributed by atoms with Crippen molar-refractivity contribution in [1.29, 1.82) is 0 Å². The number of ether oxygens (including phenoxy) is 2. The largest absolute Gasteiger partial charge is 0.393 e. The highest BCUT2D eigenvalue weighted by Crippen LogP contribution is 2.38. The maximum atomic E-state index is 11.1. The van der Waals surface area contributed by atoms with Gasteiger partial charge in [-0.25, -0.2) is 0 Å². The second-order valence-electron chi connectivity index (χ2n) is 7.39. The average molecular weight is 342 g/mol. The standard InChI is InChI=1S/C18H30O6/c1-9(5-10(2)19)6-14-17(22)16(21)13(8-23-14)7-15-18(24-15)11(3)12(4)20/h5,11-18,20-22H,6-8H2,1-4H3/t11-,12-,13-,14-,15-,16+,17-,18-/m0/s1. The van der Waals surface area contributed by atoms with Gasteiger partial charge in [0.1, 0.15) is 6.10 Å². The Morgan fingerprint density at radius 2 is 1.88 bits per heavy atom. The predicted molar refractivity (Wildman–Crippen MR) is 88.4 cm³/mol. The number of ketones is 1. The van der Waals surface area contributed by atoms with E-state index in [0.717, 1.165) is 5.57 Å². The first kappa shape index (κ1) is 19.5. The summed E-state index contributed by atoms with van der Waals surface area (Å²) in [6, 6.07) is 0. The lowest BCUT2D eigenvalue weighted by Gasteiger charge is -2.38. The number of epoxide rings is 1. The quantitative estimate of drug-likeness (QED) is 0.468. The zero-order valence-electron chi connectivity index (χ0n) is 14.9. The summed E-state index contributed by atoms with van der Waals surface area (Å²) < 4.78 is 11.3. The molecule has 2 heterocycles. The second-order valence-corrected chi connectivity index (χ2v) is 7.39. The number of hydrogen-bond donors (Lipinski definition) is 3. The van der Waals surface area contributed by atoms with E-state index in [0.29, 0.717) is 19.4 Å². The third-order valence-electron chi connectivity index (χ3n) is 5.15. The van der Waals surface area contributed by atoms with Gasteiger partial charge in [-0.2, -0.15) is 0 Å². The third kappa shape index (κ3) is 4.86. The molecule has 3 N–H and O–H groups in total. The van der Waals surface area contributed by atoms with Crippen molar-refractivity contribution in [2.24, 2.45) is 11.8 Å². The van der Waals surface area contributed by atoms with Gasteiger partial charge >= 0.3 is 0 Å². The van der Waals surface area contributed by atoms with Crippen LogP contribution in [0.4, 0.5) is 0 Å². The Balaban J connectivity index is 1.84. The molecule has 0 aromatic rings. The van der Waals surface area contributed by atoms with Crippen molar-refractivity contribution in [3.63, 3.8) is 0 Å². The fourth-order valence-electron chi connectivity index (χ4n) is 3.44. The van der Waals surface area contributed by atoms with Crippen LogP contribution in [0, 0.1) is 11.8 Å². The summed E-state index contributed by atoms with van der Waals surface area (Å²) in [6.45, 7) is 7.33. The highest BCUT2D eigenvalue weighted by molar-refractivity contribution is 5.87. The Hall–Kier alpha value is -0.790. The third-order valence-corrected chi connectivity index (χ3v) is 5.15. The van der Waals surface area contributed by atoms with Crippen molar-refractivity contribution in [2.75, 3.05) is 6.61 Å². The Kier molecular flexibility index (Phi) is 6.56. The van der Waals surface area contributed by atoms with Crippen LogP contribution in [-0.4, -0.2) is 64.3 Å². The normalized spacial score (nSPS) is 39.4. The Morgan fingerprint density at radius 3 is 2.46 bits per heavy atom. The molecule has 0 aromatic carbocycles. The lowest BCUT2D eigenvalue weighted by atomic mass is 9.85. The van der Waals surface area contributed by atoms with E-state index < -0.39 is 24.4 Å². The lowest BCUT2D eigenvalue weighted by molar-refractivity contribution is -0.165. The molecule has 0 bridgehead atoms. The summed E-state index contributed by atoms with van der Waals surface area (Å²) >= 11 is 0. The van der Waals surface area contributed by atoms with Crippen LogP contribution in [0.3, 0.4) is 0 Å². The molecule has 0 spiro atoms. The highest BCUT2D eigenvalue weighted by atomic mass is 16.6.